The van der Waals surface area contributed by atoms with Gasteiger partial charge in [0.25, 0.3) is 0 Å². The molecule has 116 valence electrons. The van der Waals surface area contributed by atoms with E-state index in [4.69, 9.17) is 5.73 Å². The normalized spacial score (nSPS) is 22.6. The van der Waals surface area contributed by atoms with Crippen LogP contribution in [-0.2, 0) is 11.3 Å². The minimum Gasteiger partial charge on any atom is -0.369 e. The molecule has 1 amide bonds. The number of nitrogens with two attached hydrogens (primary N) is 1. The number of anilines is 1. The Morgan fingerprint density at radius 1 is 1.52 bits per heavy atom. The van der Waals surface area contributed by atoms with Gasteiger partial charge in [-0.05, 0) is 40.2 Å². The summed E-state index contributed by atoms with van der Waals surface area (Å²) in [6.45, 7) is 10.6. The van der Waals surface area contributed by atoms with Crippen LogP contribution in [-0.4, -0.2) is 29.5 Å². The summed E-state index contributed by atoms with van der Waals surface area (Å²) in [6, 6.07) is 4.04. The molecule has 0 spiro atoms. The van der Waals surface area contributed by atoms with E-state index in [1.165, 1.54) is 0 Å². The van der Waals surface area contributed by atoms with Crippen molar-refractivity contribution in [1.29, 1.82) is 0 Å². The monoisotopic (exact) mass is 290 g/mol. The molecular formula is C16H26N4O. The lowest BCUT2D eigenvalue weighted by atomic mass is 9.89. The second kappa shape index (κ2) is 5.64. The van der Waals surface area contributed by atoms with Crippen LogP contribution in [0.4, 0.5) is 5.82 Å². The van der Waals surface area contributed by atoms with Gasteiger partial charge in [0.05, 0.1) is 5.41 Å². The Morgan fingerprint density at radius 3 is 2.81 bits per heavy atom. The van der Waals surface area contributed by atoms with E-state index in [1.54, 1.807) is 6.20 Å². The van der Waals surface area contributed by atoms with E-state index in [9.17, 15) is 4.79 Å². The van der Waals surface area contributed by atoms with Crippen LogP contribution in [0.5, 0.6) is 0 Å². The minimum atomic E-state index is -0.452. The van der Waals surface area contributed by atoms with Crippen LogP contribution in [0.1, 0.15) is 39.7 Å². The Kier molecular flexibility index (Phi) is 4.23. The van der Waals surface area contributed by atoms with E-state index >= 15 is 0 Å². The number of nitrogens with one attached hydrogen (secondary N) is 1. The van der Waals surface area contributed by atoms with Gasteiger partial charge in [0, 0.05) is 36.9 Å². The molecule has 21 heavy (non-hydrogen) atoms. The quantitative estimate of drug-likeness (QED) is 0.885. The van der Waals surface area contributed by atoms with Crippen LogP contribution >= 0.6 is 0 Å². The largest absolute Gasteiger partial charge is 0.369 e. The highest BCUT2D eigenvalue weighted by Gasteiger charge is 2.39. The molecule has 0 aromatic carbocycles. The molecule has 1 aromatic rings. The predicted octanol–water partition coefficient (Wildman–Crippen LogP) is 1.67. The Balaban J connectivity index is 2.16. The zero-order valence-corrected chi connectivity index (χ0v) is 13.4. The Bertz CT molecular complexity index is 523. The number of aromatic nitrogens is 1. The van der Waals surface area contributed by atoms with E-state index in [1.807, 2.05) is 13.0 Å². The molecule has 0 saturated carbocycles. The molecule has 5 heteroatoms. The van der Waals surface area contributed by atoms with Gasteiger partial charge in [-0.25, -0.2) is 4.98 Å². The smallest absolute Gasteiger partial charge is 0.225 e. The summed E-state index contributed by atoms with van der Waals surface area (Å²) >= 11 is 0. The van der Waals surface area contributed by atoms with E-state index in [2.05, 4.69) is 42.0 Å². The van der Waals surface area contributed by atoms with Crippen molar-refractivity contribution in [3.8, 4) is 0 Å². The average Bonchev–Trinajstić information content (AvgIpc) is 2.80. The van der Waals surface area contributed by atoms with E-state index in [0.29, 0.717) is 6.54 Å². The highest BCUT2D eigenvalue weighted by atomic mass is 16.1. The summed E-state index contributed by atoms with van der Waals surface area (Å²) in [5, 5.41) is 3.49. The average molecular weight is 290 g/mol. The number of hydrogen-bond donors (Lipinski definition) is 2. The third-order valence-electron chi connectivity index (χ3n) is 4.04. The van der Waals surface area contributed by atoms with Gasteiger partial charge in [0.15, 0.2) is 0 Å². The van der Waals surface area contributed by atoms with Crippen LogP contribution < -0.4 is 16.0 Å². The number of nitrogens with zero attached hydrogens (tertiary/aromatic N) is 2. The van der Waals surface area contributed by atoms with Gasteiger partial charge < -0.3 is 16.0 Å². The second-order valence-electron chi connectivity index (χ2n) is 7.19. The molecule has 0 radical (unpaired) electrons. The van der Waals surface area contributed by atoms with Crippen LogP contribution in [0.15, 0.2) is 18.3 Å². The maximum absolute atomic E-state index is 11.6. The summed E-state index contributed by atoms with van der Waals surface area (Å²) in [7, 11) is 0. The Morgan fingerprint density at radius 2 is 2.24 bits per heavy atom. The minimum absolute atomic E-state index is 0.0554. The van der Waals surface area contributed by atoms with Crippen LogP contribution in [0.3, 0.4) is 0 Å². The molecule has 1 aliphatic rings. The van der Waals surface area contributed by atoms with Gasteiger partial charge in [-0.3, -0.25) is 4.79 Å². The zero-order chi connectivity index (χ0) is 15.7. The van der Waals surface area contributed by atoms with Crippen LogP contribution in [0, 0.1) is 5.41 Å². The van der Waals surface area contributed by atoms with E-state index < -0.39 is 5.41 Å². The molecule has 2 heterocycles. The SMILES string of the molecule is CC(C)(C)NCc1cccnc1N1CCC(C)(C(N)=O)C1. The van der Waals surface area contributed by atoms with Crippen molar-refractivity contribution in [1.82, 2.24) is 10.3 Å². The van der Waals surface area contributed by atoms with Crippen molar-refractivity contribution in [2.45, 2.75) is 46.2 Å². The lowest BCUT2D eigenvalue weighted by Gasteiger charge is -2.25. The van der Waals surface area contributed by atoms with Crippen molar-refractivity contribution >= 4 is 11.7 Å². The van der Waals surface area contributed by atoms with E-state index in [-0.39, 0.29) is 11.4 Å². The Labute approximate surface area is 126 Å². The van der Waals surface area contributed by atoms with Gasteiger partial charge in [-0.15, -0.1) is 0 Å². The number of rotatable bonds is 4. The molecule has 1 aromatic heterocycles. The van der Waals surface area contributed by atoms with Crippen LogP contribution in [0.2, 0.25) is 0 Å². The fourth-order valence-electron chi connectivity index (χ4n) is 2.56. The third-order valence-corrected chi connectivity index (χ3v) is 4.04. The summed E-state index contributed by atoms with van der Waals surface area (Å²) in [5.41, 5.74) is 6.28. The number of carbonyl (C=O) groups is 1. The molecule has 5 nitrogen and oxygen atoms in total. The fraction of sp³-hybridized carbons (Fsp3) is 0.625. The van der Waals surface area contributed by atoms with Gasteiger partial charge >= 0.3 is 0 Å². The molecule has 1 aliphatic heterocycles. The fourth-order valence-corrected chi connectivity index (χ4v) is 2.56. The maximum Gasteiger partial charge on any atom is 0.225 e. The number of hydrogen-bond acceptors (Lipinski definition) is 4. The zero-order valence-electron chi connectivity index (χ0n) is 13.4. The molecule has 1 atom stereocenters. The third kappa shape index (κ3) is 3.73. The molecule has 3 N–H and O–H groups in total. The predicted molar refractivity (Wildman–Crippen MR) is 85.0 cm³/mol. The second-order valence-corrected chi connectivity index (χ2v) is 7.19. The Hall–Kier alpha value is -1.62. The van der Waals surface area contributed by atoms with Crippen molar-refractivity contribution in [3.05, 3.63) is 23.9 Å². The first-order chi connectivity index (χ1) is 9.71. The first-order valence-corrected chi connectivity index (χ1v) is 7.45. The number of amides is 1. The van der Waals surface area contributed by atoms with E-state index in [0.717, 1.165) is 30.9 Å². The lowest BCUT2D eigenvalue weighted by Crippen LogP contribution is -2.38. The molecule has 0 aliphatic carbocycles. The van der Waals surface area contributed by atoms with Crippen LogP contribution in [0.25, 0.3) is 0 Å². The van der Waals surface area contributed by atoms with Crippen molar-refractivity contribution < 1.29 is 4.79 Å². The molecule has 1 fully saturated rings. The van der Waals surface area contributed by atoms with Gasteiger partial charge in [-0.1, -0.05) is 6.07 Å². The highest BCUT2D eigenvalue weighted by Crippen LogP contribution is 2.33. The summed E-state index contributed by atoms with van der Waals surface area (Å²) < 4.78 is 0. The summed E-state index contributed by atoms with van der Waals surface area (Å²) in [6.07, 6.45) is 2.58. The van der Waals surface area contributed by atoms with Gasteiger partial charge in [0.1, 0.15) is 5.82 Å². The first kappa shape index (κ1) is 15.8. The molecule has 1 unspecified atom stereocenters. The maximum atomic E-state index is 11.6. The van der Waals surface area contributed by atoms with Gasteiger partial charge in [-0.2, -0.15) is 0 Å². The lowest BCUT2D eigenvalue weighted by molar-refractivity contribution is -0.125. The van der Waals surface area contributed by atoms with Crippen molar-refractivity contribution in [3.63, 3.8) is 0 Å². The summed E-state index contributed by atoms with van der Waals surface area (Å²) in [4.78, 5) is 18.3. The standard InChI is InChI=1S/C16H26N4O/c1-15(2,3)19-10-12-6-5-8-18-13(12)20-9-7-16(4,11-20)14(17)21/h5-6,8,19H,7,9-11H2,1-4H3,(H2,17,21). The summed E-state index contributed by atoms with van der Waals surface area (Å²) in [5.74, 6) is 0.731. The molecule has 0 bridgehead atoms. The van der Waals surface area contributed by atoms with Crippen molar-refractivity contribution in [2.75, 3.05) is 18.0 Å². The topological polar surface area (TPSA) is 71.2 Å². The van der Waals surface area contributed by atoms with Gasteiger partial charge in [0.2, 0.25) is 5.91 Å². The number of pyridine rings is 1. The van der Waals surface area contributed by atoms with Crippen molar-refractivity contribution in [2.24, 2.45) is 11.1 Å². The molecule has 1 saturated heterocycles. The first-order valence-electron chi connectivity index (χ1n) is 7.45. The number of carbonyl (C=O) groups excluding carboxylic acids is 1. The number of primary amides is 1. The molecular weight excluding hydrogens is 264 g/mol. The molecule has 2 rings (SSSR count). The highest BCUT2D eigenvalue weighted by molar-refractivity contribution is 5.82.